The van der Waals surface area contributed by atoms with E-state index in [9.17, 15) is 0 Å². The first-order chi connectivity index (χ1) is 11.4. The molecule has 2 N–H and O–H groups in total. The van der Waals surface area contributed by atoms with E-state index >= 15 is 0 Å². The number of hydrogen-bond donors (Lipinski definition) is 2. The molecule has 2 saturated heterocycles. The van der Waals surface area contributed by atoms with Crippen molar-refractivity contribution in [3.05, 3.63) is 42.3 Å². The predicted molar refractivity (Wildman–Crippen MR) is 85.5 cm³/mol. The van der Waals surface area contributed by atoms with Crippen LogP contribution in [0.5, 0.6) is 0 Å². The molecule has 2 aliphatic rings. The van der Waals surface area contributed by atoms with Crippen molar-refractivity contribution in [2.45, 2.75) is 25.1 Å². The summed E-state index contributed by atoms with van der Waals surface area (Å²) >= 11 is 0. The molecule has 4 heterocycles. The van der Waals surface area contributed by atoms with Gasteiger partial charge < -0.3 is 9.73 Å². The molecule has 2 atom stereocenters. The maximum atomic E-state index is 6.02. The third-order valence-electron chi connectivity index (χ3n) is 4.82. The second-order valence-electron chi connectivity index (χ2n) is 6.28. The van der Waals surface area contributed by atoms with Crippen molar-refractivity contribution in [2.24, 2.45) is 0 Å². The second-order valence-corrected chi connectivity index (χ2v) is 6.28. The minimum atomic E-state index is 0.507. The van der Waals surface area contributed by atoms with Crippen LogP contribution in [0.15, 0.2) is 41.0 Å². The summed E-state index contributed by atoms with van der Waals surface area (Å²) in [6.45, 7) is 2.51. The molecule has 0 spiro atoms. The Kier molecular flexibility index (Phi) is 3.00. The van der Waals surface area contributed by atoms with E-state index in [1.54, 1.807) is 6.26 Å². The maximum absolute atomic E-state index is 6.02. The zero-order valence-electron chi connectivity index (χ0n) is 12.7. The summed E-state index contributed by atoms with van der Waals surface area (Å²) < 4.78 is 5.48. The van der Waals surface area contributed by atoms with Crippen molar-refractivity contribution in [3.8, 4) is 11.3 Å². The van der Waals surface area contributed by atoms with Gasteiger partial charge in [-0.1, -0.05) is 0 Å². The number of furan rings is 1. The normalized spacial score (nSPS) is 24.0. The fraction of sp³-hybridized carbons (Fsp3) is 0.353. The van der Waals surface area contributed by atoms with Crippen LogP contribution in [-0.2, 0) is 11.4 Å². The number of aromatic amines is 1. The fourth-order valence-corrected chi connectivity index (χ4v) is 3.60. The van der Waals surface area contributed by atoms with E-state index in [-0.39, 0.29) is 0 Å². The molecule has 2 bridgehead atoms. The average Bonchev–Trinajstić information content (AvgIpc) is 3.35. The molecule has 1 aromatic carbocycles. The topological polar surface area (TPSA) is 66.3 Å². The molecule has 0 unspecified atom stereocenters. The van der Waals surface area contributed by atoms with Gasteiger partial charge in [0.15, 0.2) is 0 Å². The molecule has 0 radical (unpaired) electrons. The molecular weight excluding hydrogens is 292 g/mol. The molecule has 2 aliphatic heterocycles. The lowest BCUT2D eigenvalue weighted by Gasteiger charge is -2.26. The molecular formula is C17H18N4O2. The van der Waals surface area contributed by atoms with E-state index in [0.717, 1.165) is 41.0 Å². The lowest BCUT2D eigenvalue weighted by Crippen LogP contribution is -2.43. The van der Waals surface area contributed by atoms with E-state index in [1.165, 1.54) is 6.42 Å². The van der Waals surface area contributed by atoms with Crippen molar-refractivity contribution in [3.63, 3.8) is 0 Å². The number of hydrogen-bond acceptors (Lipinski definition) is 5. The lowest BCUT2D eigenvalue weighted by atomic mass is 10.1. The highest BCUT2D eigenvalue weighted by Crippen LogP contribution is 2.27. The van der Waals surface area contributed by atoms with Crippen LogP contribution in [0.4, 0.5) is 0 Å². The molecule has 23 heavy (non-hydrogen) atoms. The molecule has 3 aromatic rings. The minimum absolute atomic E-state index is 0.507. The number of H-pyrrole nitrogens is 1. The van der Waals surface area contributed by atoms with Gasteiger partial charge in [0.05, 0.1) is 17.5 Å². The smallest absolute Gasteiger partial charge is 0.133 e. The fourth-order valence-electron chi connectivity index (χ4n) is 3.60. The molecule has 5 rings (SSSR count). The molecule has 0 amide bonds. The van der Waals surface area contributed by atoms with Crippen molar-refractivity contribution < 1.29 is 9.25 Å². The summed E-state index contributed by atoms with van der Waals surface area (Å²) in [6.07, 6.45) is 2.88. The number of piperazine rings is 1. The number of nitrogens with zero attached hydrogens (tertiary/aromatic N) is 2. The summed E-state index contributed by atoms with van der Waals surface area (Å²) in [5.41, 5.74) is 3.00. The highest BCUT2D eigenvalue weighted by atomic mass is 16.7. The Labute approximate surface area is 133 Å². The summed E-state index contributed by atoms with van der Waals surface area (Å²) in [5, 5.41) is 14.2. The molecule has 118 valence electrons. The number of hydroxylamine groups is 2. The third-order valence-corrected chi connectivity index (χ3v) is 4.82. The Bertz CT molecular complexity index is 826. The van der Waals surface area contributed by atoms with E-state index in [0.29, 0.717) is 18.7 Å². The summed E-state index contributed by atoms with van der Waals surface area (Å²) in [7, 11) is 0. The van der Waals surface area contributed by atoms with Gasteiger partial charge in [-0.25, -0.2) is 0 Å². The van der Waals surface area contributed by atoms with Crippen molar-refractivity contribution in [1.82, 2.24) is 20.6 Å². The van der Waals surface area contributed by atoms with Crippen LogP contribution in [0, 0.1) is 0 Å². The molecule has 2 aromatic heterocycles. The zero-order valence-corrected chi connectivity index (χ0v) is 12.7. The highest BCUT2D eigenvalue weighted by molar-refractivity contribution is 5.85. The van der Waals surface area contributed by atoms with E-state index < -0.39 is 0 Å². The van der Waals surface area contributed by atoms with Crippen LogP contribution >= 0.6 is 0 Å². The quantitative estimate of drug-likeness (QED) is 0.774. The lowest BCUT2D eigenvalue weighted by molar-refractivity contribution is -0.184. The first-order valence-corrected chi connectivity index (χ1v) is 8.00. The van der Waals surface area contributed by atoms with Crippen LogP contribution in [-0.4, -0.2) is 40.4 Å². The van der Waals surface area contributed by atoms with Crippen molar-refractivity contribution >= 4 is 10.9 Å². The maximum Gasteiger partial charge on any atom is 0.133 e. The van der Waals surface area contributed by atoms with Gasteiger partial charge in [0.25, 0.3) is 0 Å². The van der Waals surface area contributed by atoms with Gasteiger partial charge in [-0.3, -0.25) is 9.94 Å². The monoisotopic (exact) mass is 310 g/mol. The standard InChI is InChI=1S/C17H18N4O2/c1-2-17(22-5-1)11-3-4-15-14(6-11)16(20-19-15)10-23-21-9-12-7-13(21)8-18-12/h1-6,12-13,18H,7-10H2,(H,19,20)/t12-,13-/m0/s1. The van der Waals surface area contributed by atoms with E-state index in [4.69, 9.17) is 9.25 Å². The van der Waals surface area contributed by atoms with Crippen LogP contribution in [0.1, 0.15) is 12.1 Å². The first-order valence-electron chi connectivity index (χ1n) is 8.00. The van der Waals surface area contributed by atoms with Gasteiger partial charge in [0.1, 0.15) is 12.4 Å². The van der Waals surface area contributed by atoms with E-state index in [1.807, 2.05) is 24.3 Å². The highest BCUT2D eigenvalue weighted by Gasteiger charge is 2.38. The van der Waals surface area contributed by atoms with Gasteiger partial charge >= 0.3 is 0 Å². The van der Waals surface area contributed by atoms with Crippen LogP contribution in [0.2, 0.25) is 0 Å². The molecule has 6 heteroatoms. The van der Waals surface area contributed by atoms with Crippen LogP contribution in [0.25, 0.3) is 22.2 Å². The molecule has 0 saturated carbocycles. The van der Waals surface area contributed by atoms with Gasteiger partial charge in [-0.15, -0.1) is 0 Å². The van der Waals surface area contributed by atoms with Crippen LogP contribution in [0.3, 0.4) is 0 Å². The summed E-state index contributed by atoms with van der Waals surface area (Å²) in [6, 6.07) is 11.1. The summed E-state index contributed by atoms with van der Waals surface area (Å²) in [5.74, 6) is 0.864. The SMILES string of the molecule is c1coc(-c2ccc3n[nH]c(CON4C[C@@H]5C[C@H]4CN5)c3c2)c1. The Morgan fingerprint density at radius 1 is 1.35 bits per heavy atom. The predicted octanol–water partition coefficient (Wildman–Crippen LogP) is 2.30. The van der Waals surface area contributed by atoms with Crippen LogP contribution < -0.4 is 5.32 Å². The average molecular weight is 310 g/mol. The Morgan fingerprint density at radius 2 is 2.35 bits per heavy atom. The molecule has 0 aliphatic carbocycles. The number of rotatable bonds is 4. The number of nitrogens with one attached hydrogen (secondary N) is 2. The van der Waals surface area contributed by atoms with E-state index in [2.05, 4.69) is 26.6 Å². The van der Waals surface area contributed by atoms with Crippen molar-refractivity contribution in [2.75, 3.05) is 13.1 Å². The second kappa shape index (κ2) is 5.19. The van der Waals surface area contributed by atoms with Gasteiger partial charge in [-0.05, 0) is 36.8 Å². The number of aromatic nitrogens is 2. The third kappa shape index (κ3) is 2.26. The van der Waals surface area contributed by atoms with Gasteiger partial charge in [0.2, 0.25) is 0 Å². The van der Waals surface area contributed by atoms with Gasteiger partial charge in [0, 0.05) is 36.1 Å². The first kappa shape index (κ1) is 13.3. The number of fused-ring (bicyclic) bond motifs is 3. The van der Waals surface area contributed by atoms with Gasteiger partial charge in [-0.2, -0.15) is 10.2 Å². The largest absolute Gasteiger partial charge is 0.464 e. The number of benzene rings is 1. The molecule has 2 fully saturated rings. The zero-order chi connectivity index (χ0) is 15.2. The summed E-state index contributed by atoms with van der Waals surface area (Å²) in [4.78, 5) is 6.02. The Hall–Kier alpha value is -2.15. The minimum Gasteiger partial charge on any atom is -0.464 e. The molecule has 6 nitrogen and oxygen atoms in total. The van der Waals surface area contributed by atoms with Crippen molar-refractivity contribution in [1.29, 1.82) is 0 Å². The Morgan fingerprint density at radius 3 is 3.13 bits per heavy atom. The Balaban J connectivity index is 1.39.